The Balaban J connectivity index is 1.99. The molecule has 16 heavy (non-hydrogen) atoms. The van der Waals surface area contributed by atoms with Gasteiger partial charge in [0.2, 0.25) is 0 Å². The molecule has 1 N–H and O–H groups in total. The highest BCUT2D eigenvalue weighted by Crippen LogP contribution is 2.14. The fourth-order valence-electron chi connectivity index (χ4n) is 1.85. The SMILES string of the molecule is Cn1cc(Br)cc1C(=O)NC1CCOCC1. The molecule has 0 atom stereocenters. The van der Waals surface area contributed by atoms with E-state index in [9.17, 15) is 4.79 Å². The van der Waals surface area contributed by atoms with Crippen LogP contribution in [0.4, 0.5) is 0 Å². The number of ether oxygens (including phenoxy) is 1. The largest absolute Gasteiger partial charge is 0.381 e. The van der Waals surface area contributed by atoms with Crippen LogP contribution in [-0.4, -0.2) is 29.7 Å². The highest BCUT2D eigenvalue weighted by atomic mass is 79.9. The molecule has 2 rings (SSSR count). The number of aromatic nitrogens is 1. The first kappa shape index (κ1) is 11.7. The standard InChI is InChI=1S/C11H15BrN2O2/c1-14-7-8(12)6-10(14)11(15)13-9-2-4-16-5-3-9/h6-7,9H,2-5H2,1H3,(H,13,15). The maximum atomic E-state index is 12.0. The number of hydrogen-bond acceptors (Lipinski definition) is 2. The topological polar surface area (TPSA) is 43.3 Å². The summed E-state index contributed by atoms with van der Waals surface area (Å²) in [6, 6.07) is 2.07. The van der Waals surface area contributed by atoms with Gasteiger partial charge in [0.25, 0.3) is 5.91 Å². The number of carbonyl (C=O) groups is 1. The fourth-order valence-corrected chi connectivity index (χ4v) is 2.38. The van der Waals surface area contributed by atoms with E-state index in [-0.39, 0.29) is 11.9 Å². The summed E-state index contributed by atoms with van der Waals surface area (Å²) in [7, 11) is 1.86. The molecular weight excluding hydrogens is 272 g/mol. The minimum Gasteiger partial charge on any atom is -0.381 e. The van der Waals surface area contributed by atoms with Gasteiger partial charge in [-0.15, -0.1) is 0 Å². The quantitative estimate of drug-likeness (QED) is 0.899. The van der Waals surface area contributed by atoms with Crippen LogP contribution in [0.2, 0.25) is 0 Å². The number of carbonyl (C=O) groups excluding carboxylic acids is 1. The number of hydrogen-bond donors (Lipinski definition) is 1. The molecule has 1 aromatic rings. The van der Waals surface area contributed by atoms with Crippen molar-refractivity contribution in [2.24, 2.45) is 7.05 Å². The van der Waals surface area contributed by atoms with Gasteiger partial charge in [0.05, 0.1) is 0 Å². The van der Waals surface area contributed by atoms with Crippen molar-refractivity contribution in [1.29, 1.82) is 0 Å². The molecule has 1 aliphatic heterocycles. The molecular formula is C11H15BrN2O2. The van der Waals surface area contributed by atoms with Gasteiger partial charge in [0.1, 0.15) is 5.69 Å². The molecule has 0 aromatic carbocycles. The van der Waals surface area contributed by atoms with Crippen LogP contribution in [-0.2, 0) is 11.8 Å². The van der Waals surface area contributed by atoms with Gasteiger partial charge >= 0.3 is 0 Å². The lowest BCUT2D eigenvalue weighted by Crippen LogP contribution is -2.39. The van der Waals surface area contributed by atoms with Crippen molar-refractivity contribution in [3.63, 3.8) is 0 Å². The molecule has 0 aliphatic carbocycles. The molecule has 1 aliphatic rings. The summed E-state index contributed by atoms with van der Waals surface area (Å²) in [6.07, 6.45) is 3.67. The van der Waals surface area contributed by atoms with Crippen LogP contribution in [0.3, 0.4) is 0 Å². The van der Waals surface area contributed by atoms with E-state index in [0.29, 0.717) is 5.69 Å². The number of rotatable bonds is 2. The smallest absolute Gasteiger partial charge is 0.268 e. The third-order valence-corrected chi connectivity index (χ3v) is 3.19. The van der Waals surface area contributed by atoms with Crippen LogP contribution in [0.25, 0.3) is 0 Å². The zero-order valence-electron chi connectivity index (χ0n) is 9.20. The summed E-state index contributed by atoms with van der Waals surface area (Å²) in [4.78, 5) is 12.0. The predicted molar refractivity (Wildman–Crippen MR) is 64.4 cm³/mol. The second kappa shape index (κ2) is 5.01. The number of nitrogens with zero attached hydrogens (tertiary/aromatic N) is 1. The highest BCUT2D eigenvalue weighted by molar-refractivity contribution is 9.10. The van der Waals surface area contributed by atoms with E-state index < -0.39 is 0 Å². The van der Waals surface area contributed by atoms with Crippen molar-refractivity contribution < 1.29 is 9.53 Å². The molecule has 88 valence electrons. The molecule has 4 nitrogen and oxygen atoms in total. The summed E-state index contributed by atoms with van der Waals surface area (Å²) in [5.74, 6) is -0.0138. The molecule has 0 bridgehead atoms. The lowest BCUT2D eigenvalue weighted by Gasteiger charge is -2.23. The first-order valence-corrected chi connectivity index (χ1v) is 6.16. The lowest BCUT2D eigenvalue weighted by atomic mass is 10.1. The lowest BCUT2D eigenvalue weighted by molar-refractivity contribution is 0.0693. The fraction of sp³-hybridized carbons (Fsp3) is 0.545. The average Bonchev–Trinajstić information content (AvgIpc) is 2.59. The molecule has 1 amide bonds. The monoisotopic (exact) mass is 286 g/mol. The van der Waals surface area contributed by atoms with Crippen molar-refractivity contribution in [1.82, 2.24) is 9.88 Å². The van der Waals surface area contributed by atoms with Gasteiger partial charge in [-0.3, -0.25) is 4.79 Å². The predicted octanol–water partition coefficient (Wildman–Crippen LogP) is 1.70. The van der Waals surface area contributed by atoms with Gasteiger partial charge in [0.15, 0.2) is 0 Å². The van der Waals surface area contributed by atoms with Crippen molar-refractivity contribution >= 4 is 21.8 Å². The molecule has 1 aromatic heterocycles. The number of nitrogens with one attached hydrogen (secondary N) is 1. The van der Waals surface area contributed by atoms with Crippen LogP contribution >= 0.6 is 15.9 Å². The van der Waals surface area contributed by atoms with E-state index >= 15 is 0 Å². The zero-order valence-corrected chi connectivity index (χ0v) is 10.8. The number of halogens is 1. The van der Waals surface area contributed by atoms with Crippen LogP contribution in [0.5, 0.6) is 0 Å². The van der Waals surface area contributed by atoms with Gasteiger partial charge in [-0.05, 0) is 34.8 Å². The molecule has 0 radical (unpaired) electrons. The van der Waals surface area contributed by atoms with E-state index in [1.54, 1.807) is 0 Å². The maximum absolute atomic E-state index is 12.0. The molecule has 5 heteroatoms. The summed E-state index contributed by atoms with van der Waals surface area (Å²) in [5.41, 5.74) is 0.679. The molecule has 0 spiro atoms. The molecule has 1 saturated heterocycles. The summed E-state index contributed by atoms with van der Waals surface area (Å²) in [5, 5.41) is 3.03. The molecule has 0 unspecified atom stereocenters. The molecule has 2 heterocycles. The van der Waals surface area contributed by atoms with Crippen molar-refractivity contribution in [3.05, 3.63) is 22.4 Å². The van der Waals surface area contributed by atoms with E-state index in [1.807, 2.05) is 23.9 Å². The van der Waals surface area contributed by atoms with Crippen molar-refractivity contribution in [2.45, 2.75) is 18.9 Å². The third-order valence-electron chi connectivity index (χ3n) is 2.76. The second-order valence-electron chi connectivity index (χ2n) is 4.01. The number of aryl methyl sites for hydroxylation is 1. The second-order valence-corrected chi connectivity index (χ2v) is 4.93. The van der Waals surface area contributed by atoms with Gasteiger partial charge in [-0.2, -0.15) is 0 Å². The van der Waals surface area contributed by atoms with Crippen LogP contribution in [0.1, 0.15) is 23.3 Å². The first-order valence-electron chi connectivity index (χ1n) is 5.37. The normalized spacial score (nSPS) is 17.4. The van der Waals surface area contributed by atoms with Gasteiger partial charge < -0.3 is 14.6 Å². The zero-order chi connectivity index (χ0) is 11.5. The molecule has 1 fully saturated rings. The Morgan fingerprint density at radius 2 is 2.25 bits per heavy atom. The van der Waals surface area contributed by atoms with E-state index in [0.717, 1.165) is 30.5 Å². The Labute approximate surface area is 103 Å². The Morgan fingerprint density at radius 3 is 2.81 bits per heavy atom. The van der Waals surface area contributed by atoms with E-state index in [4.69, 9.17) is 4.74 Å². The van der Waals surface area contributed by atoms with Gasteiger partial charge in [-0.25, -0.2) is 0 Å². The minimum atomic E-state index is -0.0138. The van der Waals surface area contributed by atoms with Crippen LogP contribution in [0.15, 0.2) is 16.7 Å². The summed E-state index contributed by atoms with van der Waals surface area (Å²) < 4.78 is 7.99. The van der Waals surface area contributed by atoms with Crippen LogP contribution in [0, 0.1) is 0 Å². The minimum absolute atomic E-state index is 0.0138. The summed E-state index contributed by atoms with van der Waals surface area (Å²) in [6.45, 7) is 1.48. The van der Waals surface area contributed by atoms with Gasteiger partial charge in [-0.1, -0.05) is 0 Å². The maximum Gasteiger partial charge on any atom is 0.268 e. The van der Waals surface area contributed by atoms with E-state index in [2.05, 4.69) is 21.2 Å². The Morgan fingerprint density at radius 1 is 1.56 bits per heavy atom. The Bertz CT molecular complexity index is 383. The third kappa shape index (κ3) is 2.65. The average molecular weight is 287 g/mol. The van der Waals surface area contributed by atoms with Crippen LogP contribution < -0.4 is 5.32 Å². The Kier molecular flexibility index (Phi) is 3.66. The van der Waals surface area contributed by atoms with Crippen molar-refractivity contribution in [3.8, 4) is 0 Å². The Hall–Kier alpha value is -0.810. The highest BCUT2D eigenvalue weighted by Gasteiger charge is 2.18. The van der Waals surface area contributed by atoms with E-state index in [1.165, 1.54) is 0 Å². The first-order chi connectivity index (χ1) is 7.66. The summed E-state index contributed by atoms with van der Waals surface area (Å²) >= 11 is 3.36. The van der Waals surface area contributed by atoms with Crippen molar-refractivity contribution in [2.75, 3.05) is 13.2 Å². The molecule has 0 saturated carbocycles. The number of amides is 1. The van der Waals surface area contributed by atoms with Gasteiger partial charge in [0, 0.05) is 37.0 Å².